The van der Waals surface area contributed by atoms with E-state index >= 15 is 0 Å². The smallest absolute Gasteiger partial charge is 0.387 e. The van der Waals surface area contributed by atoms with Gasteiger partial charge in [0.2, 0.25) is 10.0 Å². The predicted octanol–water partition coefficient (Wildman–Crippen LogP) is 6.85. The van der Waals surface area contributed by atoms with Gasteiger partial charge >= 0.3 is 12.6 Å². The number of carbonyl (C=O) groups is 1. The lowest BCUT2D eigenvalue weighted by Gasteiger charge is -2.22. The van der Waals surface area contributed by atoms with E-state index < -0.39 is 34.0 Å². The second kappa shape index (κ2) is 13.9. The minimum absolute atomic E-state index is 0.0273. The average Bonchev–Trinajstić information content (AvgIpc) is 3.85. The van der Waals surface area contributed by atoms with E-state index in [1.807, 2.05) is 0 Å². The zero-order chi connectivity index (χ0) is 33.3. The van der Waals surface area contributed by atoms with E-state index in [4.69, 9.17) is 37.4 Å². The van der Waals surface area contributed by atoms with Crippen LogP contribution in [-0.2, 0) is 21.2 Å². The van der Waals surface area contributed by atoms with E-state index in [0.29, 0.717) is 53.7 Å². The molecule has 15 heteroatoms. The third-order valence-electron chi connectivity index (χ3n) is 8.03. The number of pyridine rings is 1. The average molecular weight is 714 g/mol. The summed E-state index contributed by atoms with van der Waals surface area (Å²) in [6, 6.07) is 8.50. The van der Waals surface area contributed by atoms with E-state index in [1.54, 1.807) is 0 Å². The molecule has 3 aliphatic rings. The van der Waals surface area contributed by atoms with Gasteiger partial charge in [0.05, 0.1) is 29.7 Å². The van der Waals surface area contributed by atoms with Crippen LogP contribution < -0.4 is 23.7 Å². The molecule has 1 aromatic heterocycles. The van der Waals surface area contributed by atoms with Crippen LogP contribution in [0.2, 0.25) is 10.0 Å². The monoisotopic (exact) mass is 712 g/mol. The lowest BCUT2D eigenvalue weighted by Crippen LogP contribution is -2.25. The number of esters is 1. The zero-order valence-electron chi connectivity index (χ0n) is 25.0. The number of carbonyl (C=O) groups excluding carboxylic acids is 1. The van der Waals surface area contributed by atoms with E-state index in [-0.39, 0.29) is 45.0 Å². The highest BCUT2D eigenvalue weighted by Crippen LogP contribution is 2.39. The molecule has 47 heavy (non-hydrogen) atoms. The third kappa shape index (κ3) is 8.88. The van der Waals surface area contributed by atoms with Crippen molar-refractivity contribution < 1.29 is 45.7 Å². The van der Waals surface area contributed by atoms with Crippen LogP contribution in [0.1, 0.15) is 66.1 Å². The summed E-state index contributed by atoms with van der Waals surface area (Å²) in [6.45, 7) is -2.43. The van der Waals surface area contributed by atoms with Gasteiger partial charge in [0.1, 0.15) is 21.9 Å². The molecule has 3 aromatic rings. The first kappa shape index (κ1) is 33.4. The van der Waals surface area contributed by atoms with Gasteiger partial charge in [0.25, 0.3) is 0 Å². The van der Waals surface area contributed by atoms with Crippen LogP contribution in [0.5, 0.6) is 17.2 Å². The molecular formula is C32H32Cl2F2N2O8S. The summed E-state index contributed by atoms with van der Waals surface area (Å²) in [5.41, 5.74) is 0.952. The van der Waals surface area contributed by atoms with E-state index in [0.717, 1.165) is 38.1 Å². The fourth-order valence-corrected chi connectivity index (χ4v) is 6.82. The van der Waals surface area contributed by atoms with Crippen molar-refractivity contribution >= 4 is 44.9 Å². The topological polar surface area (TPSA) is 127 Å². The van der Waals surface area contributed by atoms with Crippen LogP contribution in [0.4, 0.5) is 14.5 Å². The Kier molecular flexibility index (Phi) is 9.86. The van der Waals surface area contributed by atoms with Crippen molar-refractivity contribution in [1.29, 1.82) is 0 Å². The number of rotatable bonds is 16. The molecule has 252 valence electrons. The number of hydrogen-bond donors (Lipinski definition) is 1. The summed E-state index contributed by atoms with van der Waals surface area (Å²) in [6.07, 6.45) is 6.10. The number of nitrogens with zero attached hydrogens (tertiary/aromatic N) is 1. The molecular weight excluding hydrogens is 681 g/mol. The maximum Gasteiger partial charge on any atom is 0.387 e. The summed E-state index contributed by atoms with van der Waals surface area (Å²) < 4.78 is 77.2. The second-order valence-electron chi connectivity index (χ2n) is 12.0. The van der Waals surface area contributed by atoms with Gasteiger partial charge in [0.15, 0.2) is 23.9 Å². The Bertz CT molecular complexity index is 1730. The molecule has 3 fully saturated rings. The first-order valence-electron chi connectivity index (χ1n) is 15.2. The highest BCUT2D eigenvalue weighted by Gasteiger charge is 2.36. The molecule has 0 bridgehead atoms. The Morgan fingerprint density at radius 2 is 1.55 bits per heavy atom. The number of alkyl halides is 2. The summed E-state index contributed by atoms with van der Waals surface area (Å²) in [5, 5.41) is 11.5. The fraction of sp³-hybridized carbons (Fsp3) is 0.438. The molecule has 3 aliphatic carbocycles. The quantitative estimate of drug-likeness (QED) is 0.0971. The van der Waals surface area contributed by atoms with Gasteiger partial charge in [-0.25, -0.2) is 13.2 Å². The van der Waals surface area contributed by atoms with Gasteiger partial charge in [0, 0.05) is 12.0 Å². The number of aromatic nitrogens is 1. The normalized spacial score (nSPS) is 16.9. The van der Waals surface area contributed by atoms with Crippen LogP contribution >= 0.6 is 23.2 Å². The number of hydrogen-bond acceptors (Lipinski definition) is 8. The molecule has 6 rings (SSSR count). The van der Waals surface area contributed by atoms with Crippen LogP contribution in [0.3, 0.4) is 0 Å². The Morgan fingerprint density at radius 1 is 0.915 bits per heavy atom. The Balaban J connectivity index is 1.31. The number of ether oxygens (including phenoxy) is 4. The van der Waals surface area contributed by atoms with E-state index in [1.165, 1.54) is 36.4 Å². The molecule has 3 saturated carbocycles. The van der Waals surface area contributed by atoms with Crippen LogP contribution in [-0.4, -0.2) is 39.5 Å². The van der Waals surface area contributed by atoms with Gasteiger partial charge in [-0.2, -0.15) is 13.5 Å². The third-order valence-corrected chi connectivity index (χ3v) is 10.5. The Labute approximate surface area is 280 Å². The standard InChI is InChI=1S/C32H32Cl2F2N2O8S/c33-24-14-38(40)15-25(34)23(24)13-28(20-6-10-27(46-32(35)36)30(11-20)44-17-19-3-4-19)45-31(39)21-5-9-26(37-47(41,42)22-7-8-22)29(12-21)43-16-18-1-2-18/h5-6,9-12,14-15,18-19,22,28,32,37H,1-4,7-8,13,16-17H2/t28-/m0/s1. The summed E-state index contributed by atoms with van der Waals surface area (Å²) in [4.78, 5) is 13.7. The predicted molar refractivity (Wildman–Crippen MR) is 169 cm³/mol. The molecule has 0 aliphatic heterocycles. The van der Waals surface area contributed by atoms with Gasteiger partial charge in [-0.3, -0.25) is 4.72 Å². The number of halogens is 4. The Hall–Kier alpha value is -3.55. The van der Waals surface area contributed by atoms with Gasteiger partial charge < -0.3 is 24.2 Å². The highest BCUT2D eigenvalue weighted by atomic mass is 35.5. The largest absolute Gasteiger partial charge is 0.619 e. The first-order valence-corrected chi connectivity index (χ1v) is 17.5. The van der Waals surface area contributed by atoms with Crippen LogP contribution in [0.25, 0.3) is 0 Å². The molecule has 0 spiro atoms. The Morgan fingerprint density at radius 3 is 2.15 bits per heavy atom. The fourth-order valence-electron chi connectivity index (χ4n) is 4.82. The number of sulfonamides is 1. The van der Waals surface area contributed by atoms with E-state index in [9.17, 15) is 27.2 Å². The minimum Gasteiger partial charge on any atom is -0.619 e. The summed E-state index contributed by atoms with van der Waals surface area (Å²) >= 11 is 12.7. The summed E-state index contributed by atoms with van der Waals surface area (Å²) in [5.74, 6) is -0.0884. The zero-order valence-corrected chi connectivity index (χ0v) is 27.3. The molecule has 2 aromatic carbocycles. The van der Waals surface area contributed by atoms with Crippen molar-refractivity contribution in [2.75, 3.05) is 17.9 Å². The van der Waals surface area contributed by atoms with Gasteiger partial charge in [-0.05, 0) is 86.3 Å². The molecule has 0 unspecified atom stereocenters. The van der Waals surface area contributed by atoms with Gasteiger partial charge in [-0.1, -0.05) is 29.3 Å². The maximum absolute atomic E-state index is 13.7. The van der Waals surface area contributed by atoms with Crippen molar-refractivity contribution in [3.63, 3.8) is 0 Å². The van der Waals surface area contributed by atoms with Crippen molar-refractivity contribution in [2.45, 2.75) is 62.9 Å². The SMILES string of the molecule is O=C(O[C@@H](Cc1c(Cl)c[n+]([O-])cc1Cl)c1ccc(OC(F)F)c(OCC2CC2)c1)c1ccc(NS(=O)(=O)C2CC2)c(OCC2CC2)c1. The van der Waals surface area contributed by atoms with Crippen LogP contribution in [0.15, 0.2) is 48.8 Å². The highest BCUT2D eigenvalue weighted by molar-refractivity contribution is 7.93. The maximum atomic E-state index is 13.7. The van der Waals surface area contributed by atoms with Crippen molar-refractivity contribution in [3.8, 4) is 17.2 Å². The molecule has 0 radical (unpaired) electrons. The van der Waals surface area contributed by atoms with Crippen molar-refractivity contribution in [2.24, 2.45) is 11.8 Å². The molecule has 1 heterocycles. The molecule has 1 atom stereocenters. The van der Waals surface area contributed by atoms with Gasteiger partial charge in [-0.15, -0.1) is 0 Å². The molecule has 0 amide bonds. The number of nitrogens with one attached hydrogen (secondary N) is 1. The van der Waals surface area contributed by atoms with Crippen molar-refractivity contribution in [3.05, 3.63) is 80.7 Å². The molecule has 0 saturated heterocycles. The summed E-state index contributed by atoms with van der Waals surface area (Å²) in [7, 11) is -3.61. The lowest BCUT2D eigenvalue weighted by atomic mass is 10.0. The lowest BCUT2D eigenvalue weighted by molar-refractivity contribution is -0.605. The second-order valence-corrected chi connectivity index (χ2v) is 14.8. The number of anilines is 1. The first-order chi connectivity index (χ1) is 22.4. The number of benzene rings is 2. The molecule has 10 nitrogen and oxygen atoms in total. The van der Waals surface area contributed by atoms with Crippen LogP contribution in [0, 0.1) is 17.0 Å². The van der Waals surface area contributed by atoms with Crippen molar-refractivity contribution in [1.82, 2.24) is 0 Å². The minimum atomic E-state index is -3.61. The molecule has 1 N–H and O–H groups in total. The van der Waals surface area contributed by atoms with E-state index in [2.05, 4.69) is 9.46 Å².